The minimum atomic E-state index is -3.84. The first-order valence-corrected chi connectivity index (χ1v) is 14.0. The van der Waals surface area contributed by atoms with Gasteiger partial charge in [0, 0.05) is 16.3 Å². The topological polar surface area (TPSA) is 106 Å². The number of rotatable bonds is 7. The molecule has 3 N–H and O–H groups in total. The van der Waals surface area contributed by atoms with Gasteiger partial charge < -0.3 is 5.73 Å². The monoisotopic (exact) mass is 522 g/mol. The number of hydrogen-bond acceptors (Lipinski definition) is 4. The van der Waals surface area contributed by atoms with Crippen molar-refractivity contribution >= 4 is 37.6 Å². The predicted molar refractivity (Wildman–Crippen MR) is 124 cm³/mol. The number of hydrogen-bond donors (Lipinski definition) is 2. The smallest absolute Gasteiger partial charge is 0.242 e. The third-order valence-electron chi connectivity index (χ3n) is 8.86. The van der Waals surface area contributed by atoms with Crippen LogP contribution in [0.2, 0.25) is 0 Å². The number of benzene rings is 1. The van der Waals surface area contributed by atoms with E-state index in [1.807, 2.05) is 0 Å². The van der Waals surface area contributed by atoms with Crippen molar-refractivity contribution in [2.24, 2.45) is 34.8 Å². The molecule has 2 unspecified atom stereocenters. The van der Waals surface area contributed by atoms with E-state index >= 15 is 0 Å². The van der Waals surface area contributed by atoms with Crippen LogP contribution in [0.15, 0.2) is 33.6 Å². The lowest BCUT2D eigenvalue weighted by Gasteiger charge is -2.59. The molecular weight excluding hydrogens is 492 g/mol. The summed E-state index contributed by atoms with van der Waals surface area (Å²) in [5.41, 5.74) is 4.41. The first kappa shape index (κ1) is 22.5. The summed E-state index contributed by atoms with van der Waals surface area (Å²) in [7, 11) is -3.84. The first-order valence-electron chi connectivity index (χ1n) is 11.8. The van der Waals surface area contributed by atoms with Crippen LogP contribution < -0.4 is 10.5 Å². The highest BCUT2D eigenvalue weighted by atomic mass is 79.9. The Morgan fingerprint density at radius 3 is 2.28 bits per heavy atom. The van der Waals surface area contributed by atoms with Crippen LogP contribution in [0.1, 0.15) is 64.2 Å². The van der Waals surface area contributed by atoms with Crippen LogP contribution in [-0.2, 0) is 19.6 Å². The van der Waals surface area contributed by atoms with Gasteiger partial charge in [0.25, 0.3) is 0 Å². The molecule has 6 rings (SSSR count). The Kier molecular flexibility index (Phi) is 5.57. The van der Waals surface area contributed by atoms with Gasteiger partial charge in [-0.3, -0.25) is 9.59 Å². The maximum absolute atomic E-state index is 13.7. The molecule has 0 saturated heterocycles. The van der Waals surface area contributed by atoms with Crippen molar-refractivity contribution in [2.45, 2.75) is 74.6 Å². The van der Waals surface area contributed by atoms with Crippen molar-refractivity contribution in [1.82, 2.24) is 4.72 Å². The molecule has 5 saturated carbocycles. The number of carbonyl (C=O) groups excluding carboxylic acids is 2. The fourth-order valence-corrected chi connectivity index (χ4v) is 10.0. The molecule has 174 valence electrons. The number of carbonyl (C=O) groups is 2. The number of primary amides is 1. The van der Waals surface area contributed by atoms with Crippen LogP contribution in [0, 0.1) is 29.1 Å². The zero-order chi connectivity index (χ0) is 22.7. The highest BCUT2D eigenvalue weighted by Gasteiger charge is 2.58. The van der Waals surface area contributed by atoms with Crippen LogP contribution in [0.5, 0.6) is 0 Å². The van der Waals surface area contributed by atoms with E-state index in [2.05, 4.69) is 20.7 Å². The van der Waals surface area contributed by atoms with Gasteiger partial charge >= 0.3 is 0 Å². The van der Waals surface area contributed by atoms with Crippen molar-refractivity contribution in [3.63, 3.8) is 0 Å². The standard InChI is InChI=1S/C24H31BrN2O4S/c25-19-5-1-2-6-20(19)32(30,31)27-24(7-3-4-8-24)21(28)11-18-16-9-15-10-17(18)14-23(12-15,13-16)22(26)29/h1-2,5-6,15-18,27H,3-4,7-14H2,(H2,26,29). The van der Waals surface area contributed by atoms with Gasteiger partial charge in [0.1, 0.15) is 0 Å². The van der Waals surface area contributed by atoms with Crippen LogP contribution in [-0.4, -0.2) is 25.6 Å². The van der Waals surface area contributed by atoms with E-state index in [9.17, 15) is 18.0 Å². The molecule has 2 atom stereocenters. The largest absolute Gasteiger partial charge is 0.369 e. The predicted octanol–water partition coefficient (Wildman–Crippen LogP) is 3.93. The number of Topliss-reactive ketones (excluding diaryl/α,β-unsaturated/α-hetero) is 1. The summed E-state index contributed by atoms with van der Waals surface area (Å²) >= 11 is 3.33. The molecule has 0 spiro atoms. The summed E-state index contributed by atoms with van der Waals surface area (Å²) in [5.74, 6) is 1.32. The van der Waals surface area contributed by atoms with Gasteiger partial charge in [-0.25, -0.2) is 8.42 Å². The van der Waals surface area contributed by atoms with Crippen molar-refractivity contribution in [3.05, 3.63) is 28.7 Å². The lowest BCUT2D eigenvalue weighted by molar-refractivity contribution is -0.152. The quantitative estimate of drug-likeness (QED) is 0.565. The second-order valence-electron chi connectivity index (χ2n) is 10.7. The van der Waals surface area contributed by atoms with Gasteiger partial charge in [-0.15, -0.1) is 0 Å². The Morgan fingerprint density at radius 2 is 1.69 bits per heavy atom. The summed E-state index contributed by atoms with van der Waals surface area (Å²) in [6.07, 6.45) is 7.81. The van der Waals surface area contributed by atoms with Gasteiger partial charge in [-0.2, -0.15) is 4.72 Å². The lowest BCUT2D eigenvalue weighted by Crippen LogP contribution is -2.58. The summed E-state index contributed by atoms with van der Waals surface area (Å²) in [4.78, 5) is 26.1. The van der Waals surface area contributed by atoms with E-state index in [4.69, 9.17) is 5.73 Å². The minimum absolute atomic E-state index is 0.0243. The number of amides is 1. The van der Waals surface area contributed by atoms with E-state index < -0.39 is 15.6 Å². The summed E-state index contributed by atoms with van der Waals surface area (Å²) in [5, 5.41) is 0. The Hall–Kier alpha value is -1.25. The van der Waals surface area contributed by atoms with E-state index in [1.165, 1.54) is 0 Å². The maximum Gasteiger partial charge on any atom is 0.242 e. The molecule has 0 radical (unpaired) electrons. The highest BCUT2D eigenvalue weighted by Crippen LogP contribution is 2.63. The minimum Gasteiger partial charge on any atom is -0.369 e. The number of nitrogens with one attached hydrogen (secondary N) is 1. The summed E-state index contributed by atoms with van der Waals surface area (Å²) in [6, 6.07) is 6.71. The molecule has 32 heavy (non-hydrogen) atoms. The molecule has 0 heterocycles. The second-order valence-corrected chi connectivity index (χ2v) is 13.2. The maximum atomic E-state index is 13.7. The van der Waals surface area contributed by atoms with Gasteiger partial charge in [-0.1, -0.05) is 25.0 Å². The normalized spacial score (nSPS) is 35.2. The molecule has 5 fully saturated rings. The first-order chi connectivity index (χ1) is 15.1. The van der Waals surface area contributed by atoms with Gasteiger partial charge in [-0.05, 0) is 96.7 Å². The number of halogens is 1. The lowest BCUT2D eigenvalue weighted by atomic mass is 9.45. The van der Waals surface area contributed by atoms with Crippen LogP contribution in [0.4, 0.5) is 0 Å². The van der Waals surface area contributed by atoms with E-state index in [1.54, 1.807) is 24.3 Å². The Balaban J connectivity index is 1.37. The van der Waals surface area contributed by atoms with Gasteiger partial charge in [0.2, 0.25) is 15.9 Å². The molecule has 1 amide bonds. The van der Waals surface area contributed by atoms with Crippen molar-refractivity contribution < 1.29 is 18.0 Å². The molecular formula is C24H31BrN2O4S. The SMILES string of the molecule is NC(=O)C12CC3CC(C1)C(CC(=O)C1(NS(=O)(=O)c4ccccc4Br)CCCC1)C(C3)C2. The molecule has 1 aromatic carbocycles. The Labute approximate surface area is 198 Å². The molecule has 0 aliphatic heterocycles. The van der Waals surface area contributed by atoms with Gasteiger partial charge in [0.15, 0.2) is 5.78 Å². The zero-order valence-corrected chi connectivity index (χ0v) is 20.6. The summed E-state index contributed by atoms with van der Waals surface area (Å²) < 4.78 is 29.8. The number of ketones is 1. The number of sulfonamides is 1. The van der Waals surface area contributed by atoms with Gasteiger partial charge in [0.05, 0.1) is 10.4 Å². The van der Waals surface area contributed by atoms with Crippen LogP contribution in [0.3, 0.4) is 0 Å². The van der Waals surface area contributed by atoms with E-state index in [0.29, 0.717) is 41.5 Å². The van der Waals surface area contributed by atoms with E-state index in [0.717, 1.165) is 44.9 Å². The Bertz CT molecular complexity index is 1030. The van der Waals surface area contributed by atoms with Crippen molar-refractivity contribution in [3.8, 4) is 0 Å². The second kappa shape index (κ2) is 7.91. The highest BCUT2D eigenvalue weighted by molar-refractivity contribution is 9.10. The van der Waals surface area contributed by atoms with Crippen molar-refractivity contribution in [1.29, 1.82) is 0 Å². The third kappa shape index (κ3) is 3.66. The van der Waals surface area contributed by atoms with E-state index in [-0.39, 0.29) is 27.9 Å². The molecule has 8 heteroatoms. The zero-order valence-electron chi connectivity index (χ0n) is 18.2. The molecule has 4 bridgehead atoms. The third-order valence-corrected chi connectivity index (χ3v) is 11.4. The average Bonchev–Trinajstić information content (AvgIpc) is 3.19. The molecule has 1 aromatic rings. The average molecular weight is 523 g/mol. The van der Waals surface area contributed by atoms with Crippen molar-refractivity contribution in [2.75, 3.05) is 0 Å². The molecule has 6 nitrogen and oxygen atoms in total. The summed E-state index contributed by atoms with van der Waals surface area (Å²) in [6.45, 7) is 0. The fraction of sp³-hybridized carbons (Fsp3) is 0.667. The fourth-order valence-electron chi connectivity index (χ4n) is 7.57. The number of nitrogens with two attached hydrogens (primary N) is 1. The molecule has 0 aromatic heterocycles. The van der Waals surface area contributed by atoms with Crippen LogP contribution >= 0.6 is 15.9 Å². The molecule has 5 aliphatic carbocycles. The molecule has 5 aliphatic rings. The van der Waals surface area contributed by atoms with Crippen LogP contribution in [0.25, 0.3) is 0 Å². The Morgan fingerprint density at radius 1 is 1.06 bits per heavy atom.